The van der Waals surface area contributed by atoms with Crippen LogP contribution < -0.4 is 5.32 Å². The number of nitrogens with one attached hydrogen (secondary N) is 1. The van der Waals surface area contributed by atoms with Crippen LogP contribution >= 0.6 is 23.2 Å². The maximum atomic E-state index is 13.1. The van der Waals surface area contributed by atoms with Crippen molar-refractivity contribution in [2.75, 3.05) is 0 Å². The first-order valence-corrected chi connectivity index (χ1v) is 10.4. The zero-order valence-electron chi connectivity index (χ0n) is 14.5. The molecule has 0 aromatic heterocycles. The Balaban J connectivity index is 2.04. The number of rotatable bonds is 5. The van der Waals surface area contributed by atoms with Gasteiger partial charge in [0.25, 0.3) is 5.91 Å². The molecular weight excluding hydrogens is 417 g/mol. The first kappa shape index (κ1) is 20.1. The number of carbonyl (C=O) groups excluding carboxylic acids is 1. The fraction of sp³-hybridized carbons (Fsp3) is 0. The largest absolute Gasteiger partial charge is 0.312 e. The van der Waals surface area contributed by atoms with E-state index in [1.54, 1.807) is 54.6 Å². The van der Waals surface area contributed by atoms with Gasteiger partial charge in [-0.05, 0) is 60.2 Å². The second-order valence-electron chi connectivity index (χ2n) is 5.84. The van der Waals surface area contributed by atoms with Crippen LogP contribution in [0.15, 0.2) is 88.8 Å². The number of hydrogen-bond donors (Lipinski definition) is 1. The molecule has 4 nitrogen and oxygen atoms in total. The predicted molar refractivity (Wildman–Crippen MR) is 112 cm³/mol. The second-order valence-corrected chi connectivity index (χ2v) is 8.63. The molecule has 0 atom stereocenters. The molecule has 0 heterocycles. The van der Waals surface area contributed by atoms with Crippen LogP contribution in [0.4, 0.5) is 0 Å². The van der Waals surface area contributed by atoms with Crippen LogP contribution in [0.25, 0.3) is 6.08 Å². The Labute approximate surface area is 173 Å². The van der Waals surface area contributed by atoms with Crippen molar-refractivity contribution in [3.05, 3.63) is 105 Å². The molecule has 0 radical (unpaired) electrons. The SMILES string of the molecule is O=C(NC(=Cc1ccc(Cl)cc1)S(=O)(=O)c1ccc(Cl)cc1)c1ccccc1. The minimum Gasteiger partial charge on any atom is -0.312 e. The zero-order valence-corrected chi connectivity index (χ0v) is 16.8. The van der Waals surface area contributed by atoms with E-state index >= 15 is 0 Å². The first-order chi connectivity index (χ1) is 13.4. The number of amides is 1. The smallest absolute Gasteiger partial charge is 0.256 e. The summed E-state index contributed by atoms with van der Waals surface area (Å²) in [5.74, 6) is -0.529. The van der Waals surface area contributed by atoms with Crippen LogP contribution in [-0.2, 0) is 9.84 Å². The van der Waals surface area contributed by atoms with Crippen molar-refractivity contribution >= 4 is 45.0 Å². The van der Waals surface area contributed by atoms with E-state index in [4.69, 9.17) is 23.2 Å². The molecule has 0 spiro atoms. The van der Waals surface area contributed by atoms with Crippen LogP contribution in [0.5, 0.6) is 0 Å². The van der Waals surface area contributed by atoms with Crippen LogP contribution in [0.1, 0.15) is 15.9 Å². The van der Waals surface area contributed by atoms with Gasteiger partial charge in [0.15, 0.2) is 0 Å². The Bertz CT molecular complexity index is 1110. The molecule has 0 aliphatic heterocycles. The molecule has 0 saturated carbocycles. The number of hydrogen-bond acceptors (Lipinski definition) is 3. The monoisotopic (exact) mass is 431 g/mol. The van der Waals surface area contributed by atoms with E-state index in [1.807, 2.05) is 0 Å². The summed E-state index contributed by atoms with van der Waals surface area (Å²) >= 11 is 11.8. The Morgan fingerprint density at radius 1 is 0.786 bits per heavy atom. The van der Waals surface area contributed by atoms with Gasteiger partial charge < -0.3 is 5.32 Å². The number of benzene rings is 3. The molecule has 142 valence electrons. The van der Waals surface area contributed by atoms with Crippen molar-refractivity contribution in [2.45, 2.75) is 4.90 Å². The van der Waals surface area contributed by atoms with Gasteiger partial charge in [0, 0.05) is 15.6 Å². The lowest BCUT2D eigenvalue weighted by molar-refractivity contribution is 0.0968. The topological polar surface area (TPSA) is 63.2 Å². The quantitative estimate of drug-likeness (QED) is 0.603. The molecular formula is C21H15Cl2NO3S. The molecule has 3 rings (SSSR count). The summed E-state index contributed by atoms with van der Waals surface area (Å²) in [5, 5.41) is 3.21. The lowest BCUT2D eigenvalue weighted by Gasteiger charge is -2.12. The van der Waals surface area contributed by atoms with Crippen molar-refractivity contribution in [1.82, 2.24) is 5.32 Å². The van der Waals surface area contributed by atoms with Crippen molar-refractivity contribution in [2.24, 2.45) is 0 Å². The lowest BCUT2D eigenvalue weighted by atomic mass is 10.2. The molecule has 0 fully saturated rings. The maximum Gasteiger partial charge on any atom is 0.256 e. The second kappa shape index (κ2) is 8.61. The minimum atomic E-state index is -3.99. The van der Waals surface area contributed by atoms with Gasteiger partial charge in [-0.1, -0.05) is 53.5 Å². The summed E-state index contributed by atoms with van der Waals surface area (Å²) in [6.07, 6.45) is 1.39. The highest BCUT2D eigenvalue weighted by molar-refractivity contribution is 7.95. The van der Waals surface area contributed by atoms with E-state index in [-0.39, 0.29) is 9.92 Å². The molecule has 28 heavy (non-hydrogen) atoms. The molecule has 7 heteroatoms. The van der Waals surface area contributed by atoms with Gasteiger partial charge in [-0.15, -0.1) is 0 Å². The number of halogens is 2. The molecule has 0 saturated heterocycles. The maximum absolute atomic E-state index is 13.1. The van der Waals surface area contributed by atoms with Gasteiger partial charge in [-0.25, -0.2) is 8.42 Å². The van der Waals surface area contributed by atoms with Crippen molar-refractivity contribution in [3.63, 3.8) is 0 Å². The van der Waals surface area contributed by atoms with Crippen LogP contribution in [0, 0.1) is 0 Å². The van der Waals surface area contributed by atoms with Gasteiger partial charge in [0.1, 0.15) is 5.03 Å². The summed E-state index contributed by atoms with van der Waals surface area (Å²) in [6.45, 7) is 0. The van der Waals surface area contributed by atoms with Gasteiger partial charge in [-0.3, -0.25) is 4.79 Å². The highest BCUT2D eigenvalue weighted by Crippen LogP contribution is 2.23. The summed E-state index contributed by atoms with van der Waals surface area (Å²) in [7, 11) is -3.99. The Morgan fingerprint density at radius 2 is 1.32 bits per heavy atom. The van der Waals surface area contributed by atoms with Crippen molar-refractivity contribution in [1.29, 1.82) is 0 Å². The highest BCUT2D eigenvalue weighted by atomic mass is 35.5. The highest BCUT2D eigenvalue weighted by Gasteiger charge is 2.23. The lowest BCUT2D eigenvalue weighted by Crippen LogP contribution is -2.27. The van der Waals surface area contributed by atoms with E-state index in [0.29, 0.717) is 21.2 Å². The molecule has 3 aromatic rings. The molecule has 0 aliphatic rings. The average Bonchev–Trinajstić information content (AvgIpc) is 2.70. The van der Waals surface area contributed by atoms with E-state index in [0.717, 1.165) is 0 Å². The summed E-state index contributed by atoms with van der Waals surface area (Å²) in [4.78, 5) is 12.6. The van der Waals surface area contributed by atoms with Crippen LogP contribution in [0.3, 0.4) is 0 Å². The van der Waals surface area contributed by atoms with Crippen LogP contribution in [-0.4, -0.2) is 14.3 Å². The normalized spacial score (nSPS) is 11.9. The van der Waals surface area contributed by atoms with Gasteiger partial charge >= 0.3 is 0 Å². The van der Waals surface area contributed by atoms with Gasteiger partial charge in [-0.2, -0.15) is 0 Å². The molecule has 0 aliphatic carbocycles. The Morgan fingerprint density at radius 3 is 1.89 bits per heavy atom. The predicted octanol–water partition coefficient (Wildman–Crippen LogP) is 5.20. The number of sulfone groups is 1. The van der Waals surface area contributed by atoms with Crippen molar-refractivity contribution < 1.29 is 13.2 Å². The third-order valence-corrected chi connectivity index (χ3v) is 6.05. The number of carbonyl (C=O) groups is 1. The van der Waals surface area contributed by atoms with E-state index in [1.165, 1.54) is 30.3 Å². The summed E-state index contributed by atoms with van der Waals surface area (Å²) < 4.78 is 26.3. The molecule has 0 unspecified atom stereocenters. The van der Waals surface area contributed by atoms with Gasteiger partial charge in [0.2, 0.25) is 9.84 Å². The average molecular weight is 432 g/mol. The van der Waals surface area contributed by atoms with Gasteiger partial charge in [0.05, 0.1) is 4.90 Å². The fourth-order valence-corrected chi connectivity index (χ4v) is 3.92. The van der Waals surface area contributed by atoms with E-state index in [9.17, 15) is 13.2 Å². The molecule has 1 amide bonds. The standard InChI is InChI=1S/C21H15Cl2NO3S/c22-17-8-6-15(7-9-17)14-20(24-21(25)16-4-2-1-3-5-16)28(26,27)19-12-10-18(23)11-13-19/h1-14H,(H,24,25). The first-order valence-electron chi connectivity index (χ1n) is 8.20. The fourth-order valence-electron chi connectivity index (χ4n) is 2.41. The molecule has 1 N–H and O–H groups in total. The van der Waals surface area contributed by atoms with Crippen LogP contribution in [0.2, 0.25) is 10.0 Å². The summed E-state index contributed by atoms with van der Waals surface area (Å²) in [5.41, 5.74) is 0.918. The minimum absolute atomic E-state index is 0.0190. The summed E-state index contributed by atoms with van der Waals surface area (Å²) in [6, 6.07) is 20.7. The molecule has 0 bridgehead atoms. The Hall–Kier alpha value is -2.60. The van der Waals surface area contributed by atoms with E-state index < -0.39 is 15.7 Å². The van der Waals surface area contributed by atoms with Crippen molar-refractivity contribution in [3.8, 4) is 0 Å². The zero-order chi connectivity index (χ0) is 20.1. The Kier molecular flexibility index (Phi) is 6.19. The molecule has 3 aromatic carbocycles. The van der Waals surface area contributed by atoms with E-state index in [2.05, 4.69) is 5.32 Å². The third-order valence-electron chi connectivity index (χ3n) is 3.85. The third kappa shape index (κ3) is 4.81.